The summed E-state index contributed by atoms with van der Waals surface area (Å²) in [4.78, 5) is 25.4. The summed E-state index contributed by atoms with van der Waals surface area (Å²) in [5.74, 6) is -2.31. The number of nitrogens with zero attached hydrogens (tertiary/aromatic N) is 5. The molecule has 3 heterocycles. The van der Waals surface area contributed by atoms with E-state index in [1.54, 1.807) is 24.0 Å². The summed E-state index contributed by atoms with van der Waals surface area (Å²) < 4.78 is 60.6. The van der Waals surface area contributed by atoms with Crippen molar-refractivity contribution in [1.29, 1.82) is 0 Å². The molecule has 0 unspecified atom stereocenters. The van der Waals surface area contributed by atoms with Crippen molar-refractivity contribution >= 4 is 5.97 Å². The van der Waals surface area contributed by atoms with Gasteiger partial charge in [-0.25, -0.2) is 24.2 Å². The number of nitrogens with two attached hydrogens (primary N) is 1. The van der Waals surface area contributed by atoms with E-state index < -0.39 is 23.9 Å². The molecule has 184 valence electrons. The molecule has 34 heavy (non-hydrogen) atoms. The van der Waals surface area contributed by atoms with Crippen LogP contribution in [0.4, 0.5) is 22.0 Å². The Kier molecular flexibility index (Phi) is 8.40. The molecular formula is C19H20F5N7O3. The molecule has 0 aromatic carbocycles. The number of halogens is 5. The second-order valence-corrected chi connectivity index (χ2v) is 6.78. The highest BCUT2D eigenvalue weighted by Gasteiger charge is 2.38. The maximum absolute atomic E-state index is 12.9. The first-order chi connectivity index (χ1) is 15.9. The van der Waals surface area contributed by atoms with E-state index in [1.807, 2.05) is 19.2 Å². The lowest BCUT2D eigenvalue weighted by molar-refractivity contribution is -0.192. The maximum atomic E-state index is 12.9. The maximum Gasteiger partial charge on any atom is 0.490 e. The van der Waals surface area contributed by atoms with Crippen LogP contribution in [-0.4, -0.2) is 53.3 Å². The molecule has 0 spiro atoms. The van der Waals surface area contributed by atoms with E-state index in [0.717, 1.165) is 17.7 Å². The molecule has 4 N–H and O–H groups in total. The molecule has 0 aliphatic rings. The van der Waals surface area contributed by atoms with Gasteiger partial charge in [0.05, 0.1) is 6.20 Å². The van der Waals surface area contributed by atoms with Crippen LogP contribution in [0.25, 0.3) is 16.9 Å². The predicted octanol–water partition coefficient (Wildman–Crippen LogP) is 2.43. The topological polar surface area (TPSA) is 145 Å². The Labute approximate surface area is 188 Å². The van der Waals surface area contributed by atoms with E-state index in [-0.39, 0.29) is 24.4 Å². The quantitative estimate of drug-likeness (QED) is 0.451. The van der Waals surface area contributed by atoms with Crippen LogP contribution in [0.5, 0.6) is 0 Å². The van der Waals surface area contributed by atoms with Crippen molar-refractivity contribution in [3.8, 4) is 16.9 Å². The average Bonchev–Trinajstić information content (AvgIpc) is 3.38. The van der Waals surface area contributed by atoms with Crippen molar-refractivity contribution in [2.45, 2.75) is 33.0 Å². The molecule has 0 bridgehead atoms. The lowest BCUT2D eigenvalue weighted by Gasteiger charge is -2.10. The highest BCUT2D eigenvalue weighted by molar-refractivity contribution is 5.73. The predicted molar refractivity (Wildman–Crippen MR) is 109 cm³/mol. The molecule has 0 saturated carbocycles. The molecule has 0 aliphatic carbocycles. The van der Waals surface area contributed by atoms with Crippen molar-refractivity contribution < 1.29 is 31.9 Å². The van der Waals surface area contributed by atoms with Crippen LogP contribution in [-0.2, 0) is 17.8 Å². The lowest BCUT2D eigenvalue weighted by atomic mass is 10.1. The standard InChI is InChI=1S/C17H19F2N7O.C2HF3O2/c1-3-25-9-13(8-22-25)12-4-10(2)16(21-7-12)26-14(23-24-17(26)27)5-11(6-20)15(18)19;3-2(4,5)1(6)7/h4,7-9H,3,5-6,20H2,1-2H3,(H,24,27);(H,6,7). The highest BCUT2D eigenvalue weighted by Crippen LogP contribution is 2.22. The molecule has 3 aromatic rings. The second kappa shape index (κ2) is 10.8. The Morgan fingerprint density at radius 2 is 1.88 bits per heavy atom. The summed E-state index contributed by atoms with van der Waals surface area (Å²) in [5.41, 5.74) is 6.95. The second-order valence-electron chi connectivity index (χ2n) is 6.78. The monoisotopic (exact) mass is 489 g/mol. The first-order valence-electron chi connectivity index (χ1n) is 9.58. The van der Waals surface area contributed by atoms with Crippen LogP contribution in [0, 0.1) is 6.92 Å². The van der Waals surface area contributed by atoms with Gasteiger partial charge in [0.25, 0.3) is 6.08 Å². The highest BCUT2D eigenvalue weighted by atomic mass is 19.4. The fourth-order valence-electron chi connectivity index (χ4n) is 2.72. The SMILES string of the molecule is CCn1cc(-c2cnc(-n3c(CC(CN)=C(F)F)n[nH]c3=O)c(C)c2)cn1.O=C(O)C(F)(F)F. The molecule has 15 heteroatoms. The Morgan fingerprint density at radius 3 is 2.35 bits per heavy atom. The zero-order chi connectivity index (χ0) is 25.6. The number of carbonyl (C=O) groups is 1. The van der Waals surface area contributed by atoms with Crippen molar-refractivity contribution in [1.82, 2.24) is 29.5 Å². The van der Waals surface area contributed by atoms with Crippen LogP contribution in [0.3, 0.4) is 0 Å². The van der Waals surface area contributed by atoms with Gasteiger partial charge >= 0.3 is 17.8 Å². The van der Waals surface area contributed by atoms with Gasteiger partial charge in [0, 0.05) is 48.6 Å². The summed E-state index contributed by atoms with van der Waals surface area (Å²) in [5, 5.41) is 17.5. The minimum atomic E-state index is -5.08. The van der Waals surface area contributed by atoms with Gasteiger partial charge in [-0.1, -0.05) is 0 Å². The number of aromatic amines is 1. The summed E-state index contributed by atoms with van der Waals surface area (Å²) in [6, 6.07) is 1.86. The molecule has 3 aromatic heterocycles. The Morgan fingerprint density at radius 1 is 1.24 bits per heavy atom. The van der Waals surface area contributed by atoms with Gasteiger partial charge in [-0.3, -0.25) is 4.68 Å². The van der Waals surface area contributed by atoms with Crippen molar-refractivity contribution in [3.63, 3.8) is 0 Å². The molecule has 3 rings (SSSR count). The van der Waals surface area contributed by atoms with Gasteiger partial charge in [-0.15, -0.1) is 0 Å². The number of pyridine rings is 1. The molecule has 0 fully saturated rings. The number of hydrogen-bond donors (Lipinski definition) is 3. The first kappa shape index (κ1) is 26.4. The van der Waals surface area contributed by atoms with Crippen LogP contribution in [0.2, 0.25) is 0 Å². The normalized spacial score (nSPS) is 11.1. The summed E-state index contributed by atoms with van der Waals surface area (Å²) >= 11 is 0. The third-order valence-electron chi connectivity index (χ3n) is 4.42. The average molecular weight is 489 g/mol. The third kappa shape index (κ3) is 6.34. The van der Waals surface area contributed by atoms with Crippen LogP contribution >= 0.6 is 0 Å². The fourth-order valence-corrected chi connectivity index (χ4v) is 2.72. The molecule has 0 amide bonds. The minimum Gasteiger partial charge on any atom is -0.475 e. The van der Waals surface area contributed by atoms with Gasteiger partial charge in [-0.05, 0) is 25.5 Å². The zero-order valence-electron chi connectivity index (χ0n) is 17.9. The largest absolute Gasteiger partial charge is 0.490 e. The molecule has 0 saturated heterocycles. The third-order valence-corrected chi connectivity index (χ3v) is 4.42. The number of rotatable bonds is 6. The van der Waals surface area contributed by atoms with E-state index in [9.17, 15) is 26.7 Å². The number of carboxylic acid groups (broad SMARTS) is 1. The lowest BCUT2D eigenvalue weighted by Crippen LogP contribution is -2.21. The molecule has 0 atom stereocenters. The number of aliphatic carboxylic acids is 1. The van der Waals surface area contributed by atoms with Crippen LogP contribution < -0.4 is 11.4 Å². The molecular weight excluding hydrogens is 469 g/mol. The van der Waals surface area contributed by atoms with Crippen LogP contribution in [0.1, 0.15) is 18.3 Å². The number of carboxylic acids is 1. The number of H-pyrrole nitrogens is 1. The summed E-state index contributed by atoms with van der Waals surface area (Å²) in [7, 11) is 0. The van der Waals surface area contributed by atoms with Crippen molar-refractivity contribution in [2.75, 3.05) is 6.54 Å². The Bertz CT molecular complexity index is 1240. The number of aromatic nitrogens is 6. The Balaban J connectivity index is 0.000000509. The van der Waals surface area contributed by atoms with Gasteiger partial charge in [0.1, 0.15) is 11.6 Å². The van der Waals surface area contributed by atoms with Gasteiger partial charge < -0.3 is 10.8 Å². The number of aryl methyl sites for hydroxylation is 2. The Hall–Kier alpha value is -3.88. The number of hydrogen-bond acceptors (Lipinski definition) is 6. The van der Waals surface area contributed by atoms with E-state index in [1.165, 1.54) is 4.57 Å². The number of alkyl halides is 3. The van der Waals surface area contributed by atoms with Gasteiger partial charge in [0.15, 0.2) is 0 Å². The van der Waals surface area contributed by atoms with Crippen LogP contribution in [0.15, 0.2) is 41.1 Å². The smallest absolute Gasteiger partial charge is 0.475 e. The fraction of sp³-hybridized carbons (Fsp3) is 0.316. The number of nitrogens with one attached hydrogen (secondary N) is 1. The molecule has 0 aliphatic heterocycles. The van der Waals surface area contributed by atoms with E-state index in [4.69, 9.17) is 15.6 Å². The summed E-state index contributed by atoms with van der Waals surface area (Å²) in [6.07, 6.45) is -1.96. The van der Waals surface area contributed by atoms with Gasteiger partial charge in [-0.2, -0.15) is 32.1 Å². The van der Waals surface area contributed by atoms with Crippen molar-refractivity contribution in [3.05, 3.63) is 58.2 Å². The summed E-state index contributed by atoms with van der Waals surface area (Å²) in [6.45, 7) is 4.20. The zero-order valence-corrected chi connectivity index (χ0v) is 17.9. The van der Waals surface area contributed by atoms with E-state index in [2.05, 4.69) is 20.3 Å². The van der Waals surface area contributed by atoms with Crippen molar-refractivity contribution in [2.24, 2.45) is 5.73 Å². The molecule has 0 radical (unpaired) electrons. The minimum absolute atomic E-state index is 0.121. The van der Waals surface area contributed by atoms with E-state index in [0.29, 0.717) is 11.4 Å². The first-order valence-corrected chi connectivity index (χ1v) is 9.58. The molecule has 10 nitrogen and oxygen atoms in total. The van der Waals surface area contributed by atoms with E-state index >= 15 is 0 Å². The van der Waals surface area contributed by atoms with Gasteiger partial charge in [0.2, 0.25) is 0 Å².